The Morgan fingerprint density at radius 2 is 0.800 bits per heavy atom. The summed E-state index contributed by atoms with van der Waals surface area (Å²) in [6.45, 7) is -1.10. The van der Waals surface area contributed by atoms with E-state index in [9.17, 15) is 122 Å². The number of aliphatic hydroxyl groups is 24. The van der Waals surface area contributed by atoms with Gasteiger partial charge in [-0.3, -0.25) is 0 Å². The van der Waals surface area contributed by atoms with Crippen LogP contribution in [0.3, 0.4) is 0 Å². The van der Waals surface area contributed by atoms with Crippen molar-refractivity contribution in [2.75, 3.05) is 26.4 Å². The second kappa shape index (κ2) is 34.8. The van der Waals surface area contributed by atoms with E-state index in [1.165, 1.54) is 19.1 Å². The minimum Gasteiger partial charge on any atom is -0.460 e. The highest BCUT2D eigenvalue weighted by molar-refractivity contribution is 5.82. The standard InChI is InChI=1S/C63H100O37/c1-21-42(72)48(78)53(83)59(91-21)90-20-39-47(77)52(82)57(87)63(100-39)96-35-16-26-27(65)14-25(15-34(26)93-58(35)24-12-30(68)43(73)31(69)13-24)92-60-54(84)50(80)45(75)37(98-60)18-88-40(70)8-4-23-3-7-33(29(67)11-23)95-62-56(86)51(81)46(76)38(99-62)19-89-41(71)9-5-22-2-6-32(28(66)10-22)94-61-55(85)49(79)44(74)36(17-64)97-61/h4-5,8-9,21-39,42-69,72-87H,2-3,6-7,10-20H2,1H3/p+1. The summed E-state index contributed by atoms with van der Waals surface area (Å²) in [5.74, 6) is -4.00. The summed E-state index contributed by atoms with van der Waals surface area (Å²) in [7, 11) is 0. The van der Waals surface area contributed by atoms with Crippen LogP contribution in [0.2, 0.25) is 0 Å². The predicted octanol–water partition coefficient (Wildman–Crippen LogP) is -11.0. The van der Waals surface area contributed by atoms with Gasteiger partial charge in [-0.15, -0.1) is 0 Å². The number of carbonyl (C=O) groups is 2. The monoisotopic (exact) mass is 1450 g/mol. The molecule has 4 saturated carbocycles. The minimum absolute atomic E-state index is 0.0107. The second-order valence-corrected chi connectivity index (χ2v) is 28.3. The molecule has 0 aromatic heterocycles. The van der Waals surface area contributed by atoms with Crippen LogP contribution in [0.15, 0.2) is 24.3 Å². The zero-order valence-corrected chi connectivity index (χ0v) is 54.6. The van der Waals surface area contributed by atoms with Gasteiger partial charge in [0.25, 0.3) is 0 Å². The van der Waals surface area contributed by atoms with Gasteiger partial charge in [0.15, 0.2) is 43.7 Å². The number of fused-ring (bicyclic) bond motifs is 1. The molecular formula is C63H101O37+. The van der Waals surface area contributed by atoms with Gasteiger partial charge in [-0.25, -0.2) is 9.59 Å². The van der Waals surface area contributed by atoms with Crippen LogP contribution in [0.25, 0.3) is 0 Å². The molecular weight excluding hydrogens is 1350 g/mol. The summed E-state index contributed by atoms with van der Waals surface area (Å²) in [5.41, 5.74) is 0. The highest BCUT2D eigenvalue weighted by atomic mass is 16.8. The molecule has 4 aliphatic carbocycles. The number of rotatable bonds is 21. The number of allylic oxidation sites excluding steroid dienone is 2. The quantitative estimate of drug-likeness (QED) is 0.0288. The zero-order chi connectivity index (χ0) is 72.5. The summed E-state index contributed by atoms with van der Waals surface area (Å²) >= 11 is 0. The fourth-order valence-electron chi connectivity index (χ4n) is 15.2. The van der Waals surface area contributed by atoms with Gasteiger partial charge in [0.05, 0.1) is 74.1 Å². The van der Waals surface area contributed by atoms with Gasteiger partial charge in [-0.1, -0.05) is 12.2 Å². The number of ether oxygens (including phenoxy) is 13. The number of hydrogen-bond donors (Lipinski definition) is 22. The largest absolute Gasteiger partial charge is 0.460 e. The Balaban J connectivity index is 0.671. The lowest BCUT2D eigenvalue weighted by Gasteiger charge is -2.49. The van der Waals surface area contributed by atoms with Crippen LogP contribution in [0.1, 0.15) is 77.6 Å². The first-order valence-corrected chi connectivity index (χ1v) is 34.2. The average molecular weight is 1450 g/mol. The zero-order valence-electron chi connectivity index (χ0n) is 54.6. The second-order valence-electron chi connectivity index (χ2n) is 28.3. The van der Waals surface area contributed by atoms with Gasteiger partial charge >= 0.3 is 11.9 Å². The average Bonchev–Trinajstić information content (AvgIpc) is 0.767. The van der Waals surface area contributed by atoms with E-state index in [2.05, 4.69) is 0 Å². The molecule has 6 aliphatic heterocycles. The van der Waals surface area contributed by atoms with Gasteiger partial charge in [-0.05, 0) is 76.5 Å². The van der Waals surface area contributed by atoms with Crippen molar-refractivity contribution in [1.29, 1.82) is 0 Å². The molecule has 0 aromatic rings. The third kappa shape index (κ3) is 18.4. The minimum atomic E-state index is -1.89. The van der Waals surface area contributed by atoms with E-state index in [0.29, 0.717) is 12.8 Å². The molecule has 0 radical (unpaired) electrons. The van der Waals surface area contributed by atoms with Crippen LogP contribution < -0.4 is 0 Å². The summed E-state index contributed by atoms with van der Waals surface area (Å²) in [6.07, 6.45) is -48.2. The fourth-order valence-corrected chi connectivity index (χ4v) is 15.2. The smallest absolute Gasteiger partial charge is 0.330 e. The summed E-state index contributed by atoms with van der Waals surface area (Å²) < 4.78 is 73.8. The third-order valence-corrected chi connectivity index (χ3v) is 21.3. The van der Waals surface area contributed by atoms with Crippen molar-refractivity contribution in [3.8, 4) is 0 Å². The molecule has 37 nitrogen and oxygen atoms in total. The Morgan fingerprint density at radius 1 is 0.390 bits per heavy atom. The summed E-state index contributed by atoms with van der Waals surface area (Å²) in [4.78, 5) is 25.9. The molecule has 10 aliphatic rings. The molecule has 100 heavy (non-hydrogen) atoms. The van der Waals surface area contributed by atoms with Crippen molar-refractivity contribution < 1.29 is 184 Å². The van der Waals surface area contributed by atoms with E-state index in [1.807, 2.05) is 0 Å². The fraction of sp³-hybridized carbons (Fsp3) is 0.905. The van der Waals surface area contributed by atoms with Gasteiger partial charge in [-0.2, -0.15) is 0 Å². The molecule has 6 heterocycles. The first kappa shape index (κ1) is 79.7. The Hall–Kier alpha value is -2.90. The van der Waals surface area contributed by atoms with Crippen LogP contribution in [-0.2, 0) is 66.4 Å². The number of aliphatic hydroxyl groups excluding tert-OH is 22. The number of carbonyl (C=O) groups excluding carboxylic acids is 2. The van der Waals surface area contributed by atoms with Gasteiger partial charge in [0.2, 0.25) is 0 Å². The van der Waals surface area contributed by atoms with E-state index < -0.39 is 283 Å². The third-order valence-electron chi connectivity index (χ3n) is 21.3. The van der Waals surface area contributed by atoms with E-state index in [4.69, 9.17) is 61.6 Å². The lowest BCUT2D eigenvalue weighted by molar-refractivity contribution is -0.367. The van der Waals surface area contributed by atoms with Crippen molar-refractivity contribution in [2.24, 2.45) is 23.7 Å². The SMILES string of the molecule is CC1OC(OCC2OC(OC3CC4C(O)CC(OC5OC(COC(=O)C=CC6CCC(OC7OC(COC(=O)C=CC8CCC(OC9OC(CO)C(O)C(O)C9O)C(O)C8)C(O)C(O)C7O)C(O)C6)C(O)C(O)C5O)CC4[OH+]C3C3CC(O)C(O)C(O)C3)C(O)C(O)C2O)C(O)C(O)C1O. The Kier molecular flexibility index (Phi) is 27.7. The Bertz CT molecular complexity index is 2640. The Morgan fingerprint density at radius 3 is 1.26 bits per heavy atom. The topological polar surface area (TPSA) is 603 Å². The van der Waals surface area contributed by atoms with Crippen molar-refractivity contribution in [1.82, 2.24) is 0 Å². The van der Waals surface area contributed by atoms with Crippen LogP contribution >= 0.6 is 0 Å². The van der Waals surface area contributed by atoms with Crippen LogP contribution in [-0.4, -0.2) is 382 Å². The molecule has 0 amide bonds. The van der Waals surface area contributed by atoms with E-state index in [-0.39, 0.29) is 63.7 Å². The maximum absolute atomic E-state index is 13.1. The number of hydrogen-bond acceptors (Lipinski definition) is 36. The van der Waals surface area contributed by atoms with Gasteiger partial charge in [0.1, 0.15) is 141 Å². The Labute approximate surface area is 572 Å². The van der Waals surface area contributed by atoms with E-state index in [0.717, 1.165) is 12.2 Å². The van der Waals surface area contributed by atoms with Crippen LogP contribution in [0.4, 0.5) is 0 Å². The first-order valence-electron chi connectivity index (χ1n) is 34.2. The highest BCUT2D eigenvalue weighted by Crippen LogP contribution is 2.44. The van der Waals surface area contributed by atoms with Crippen LogP contribution in [0.5, 0.6) is 0 Å². The predicted molar refractivity (Wildman–Crippen MR) is 322 cm³/mol. The molecule has 10 fully saturated rings. The van der Waals surface area contributed by atoms with Gasteiger partial charge < -0.3 is 174 Å². The molecule has 37 heteroatoms. The van der Waals surface area contributed by atoms with Crippen molar-refractivity contribution >= 4 is 11.9 Å². The van der Waals surface area contributed by atoms with E-state index in [1.54, 1.807) is 0 Å². The molecule has 574 valence electrons. The molecule has 6 saturated heterocycles. The first-order chi connectivity index (χ1) is 47.4. The molecule has 39 atom stereocenters. The normalized spacial score (nSPS) is 51.3. The van der Waals surface area contributed by atoms with Crippen molar-refractivity contribution in [2.45, 2.75) is 304 Å². The lowest BCUT2D eigenvalue weighted by Crippen LogP contribution is -2.64. The van der Waals surface area contributed by atoms with E-state index >= 15 is 0 Å². The summed E-state index contributed by atoms with van der Waals surface area (Å²) in [5, 5.41) is 235. The molecule has 39 unspecified atom stereocenters. The molecule has 0 bridgehead atoms. The maximum atomic E-state index is 13.1. The number of esters is 2. The lowest BCUT2D eigenvalue weighted by atomic mass is 9.72. The van der Waals surface area contributed by atoms with Gasteiger partial charge in [0, 0.05) is 30.9 Å². The molecule has 23 N–H and O–H groups in total. The maximum Gasteiger partial charge on any atom is 0.330 e. The highest BCUT2D eigenvalue weighted by Gasteiger charge is 2.58. The van der Waals surface area contributed by atoms with Crippen molar-refractivity contribution in [3.05, 3.63) is 24.3 Å². The van der Waals surface area contributed by atoms with Crippen molar-refractivity contribution in [3.63, 3.8) is 0 Å². The molecule has 0 aromatic carbocycles. The van der Waals surface area contributed by atoms with Crippen LogP contribution in [0, 0.1) is 23.7 Å². The summed E-state index contributed by atoms with van der Waals surface area (Å²) in [6, 6.07) is 0. The molecule has 10 rings (SSSR count). The molecule has 0 spiro atoms.